The molecule has 0 aliphatic carbocycles. The van der Waals surface area contributed by atoms with Crippen LogP contribution in [0, 0.1) is 6.92 Å². The van der Waals surface area contributed by atoms with E-state index in [1.54, 1.807) is 6.92 Å². The number of aromatic amines is 1. The van der Waals surface area contributed by atoms with Crippen molar-refractivity contribution in [2.24, 2.45) is 0 Å². The zero-order valence-corrected chi connectivity index (χ0v) is 6.94. The van der Waals surface area contributed by atoms with E-state index in [-0.39, 0.29) is 6.54 Å². The summed E-state index contributed by atoms with van der Waals surface area (Å²) in [4.78, 5) is 3.83. The van der Waals surface area contributed by atoms with Crippen molar-refractivity contribution in [3.8, 4) is 0 Å². The smallest absolute Gasteiger partial charge is 0.302 e. The van der Waals surface area contributed by atoms with Gasteiger partial charge in [0.1, 0.15) is 5.82 Å². The Balaban J connectivity index is 2.28. The minimum Gasteiger partial charge on any atom is -0.302 e. The van der Waals surface area contributed by atoms with Crippen molar-refractivity contribution in [1.82, 2.24) is 20.5 Å². The second-order valence-electron chi connectivity index (χ2n) is 2.56. The molecule has 0 unspecified atom stereocenters. The average molecular weight is 194 g/mol. The molecule has 0 aromatic carbocycles. The Morgan fingerprint density at radius 3 is 2.62 bits per heavy atom. The summed E-state index contributed by atoms with van der Waals surface area (Å²) in [5.41, 5.74) is 0. The maximum absolute atomic E-state index is 11.7. The van der Waals surface area contributed by atoms with Gasteiger partial charge in [-0.05, 0) is 6.92 Å². The first-order valence-electron chi connectivity index (χ1n) is 3.63. The van der Waals surface area contributed by atoms with Crippen LogP contribution in [0.5, 0.6) is 0 Å². The van der Waals surface area contributed by atoms with Gasteiger partial charge in [-0.3, -0.25) is 5.10 Å². The summed E-state index contributed by atoms with van der Waals surface area (Å²) >= 11 is 0. The quantitative estimate of drug-likeness (QED) is 0.747. The SMILES string of the molecule is Cc1nc(CNCC(F)(F)F)n[nH]1. The molecule has 74 valence electrons. The lowest BCUT2D eigenvalue weighted by atomic mass is 10.5. The third kappa shape index (κ3) is 3.88. The monoisotopic (exact) mass is 194 g/mol. The fourth-order valence-electron chi connectivity index (χ4n) is 0.784. The summed E-state index contributed by atoms with van der Waals surface area (Å²) in [7, 11) is 0. The number of H-pyrrole nitrogens is 1. The summed E-state index contributed by atoms with van der Waals surface area (Å²) in [6.07, 6.45) is -4.19. The molecule has 1 aromatic rings. The number of hydrogen-bond donors (Lipinski definition) is 2. The molecule has 4 nitrogen and oxygen atoms in total. The van der Waals surface area contributed by atoms with Gasteiger partial charge in [0.05, 0.1) is 13.1 Å². The van der Waals surface area contributed by atoms with E-state index in [9.17, 15) is 13.2 Å². The van der Waals surface area contributed by atoms with Gasteiger partial charge in [-0.1, -0.05) is 0 Å². The van der Waals surface area contributed by atoms with Crippen molar-refractivity contribution in [3.63, 3.8) is 0 Å². The van der Waals surface area contributed by atoms with Crippen molar-refractivity contribution in [2.75, 3.05) is 6.54 Å². The minimum absolute atomic E-state index is 0.0177. The van der Waals surface area contributed by atoms with Crippen LogP contribution in [0.1, 0.15) is 11.6 Å². The molecule has 0 aliphatic rings. The molecule has 0 bridgehead atoms. The molecule has 0 amide bonds. The number of rotatable bonds is 3. The second-order valence-corrected chi connectivity index (χ2v) is 2.56. The van der Waals surface area contributed by atoms with Gasteiger partial charge >= 0.3 is 6.18 Å². The van der Waals surface area contributed by atoms with E-state index in [0.29, 0.717) is 11.6 Å². The van der Waals surface area contributed by atoms with Gasteiger partial charge in [0, 0.05) is 0 Å². The molecular weight excluding hydrogens is 185 g/mol. The third-order valence-electron chi connectivity index (χ3n) is 1.25. The highest BCUT2D eigenvalue weighted by Crippen LogP contribution is 2.12. The van der Waals surface area contributed by atoms with Crippen LogP contribution in [0.25, 0.3) is 0 Å². The summed E-state index contributed by atoms with van der Waals surface area (Å²) in [6, 6.07) is 0. The summed E-state index contributed by atoms with van der Waals surface area (Å²) in [6.45, 7) is 0.671. The lowest BCUT2D eigenvalue weighted by molar-refractivity contribution is -0.125. The Morgan fingerprint density at radius 1 is 1.46 bits per heavy atom. The molecule has 7 heteroatoms. The molecular formula is C6H9F3N4. The van der Waals surface area contributed by atoms with Crippen molar-refractivity contribution < 1.29 is 13.2 Å². The Kier molecular flexibility index (Phi) is 2.86. The van der Waals surface area contributed by atoms with E-state index in [0.717, 1.165) is 0 Å². The van der Waals surface area contributed by atoms with Crippen molar-refractivity contribution in [2.45, 2.75) is 19.6 Å². The zero-order chi connectivity index (χ0) is 9.90. The number of hydrogen-bond acceptors (Lipinski definition) is 3. The van der Waals surface area contributed by atoms with E-state index < -0.39 is 12.7 Å². The standard InChI is InChI=1S/C6H9F3N4/c1-4-11-5(13-12-4)2-10-3-6(7,8)9/h10H,2-3H2,1H3,(H,11,12,13). The van der Waals surface area contributed by atoms with Crippen LogP contribution in [0.2, 0.25) is 0 Å². The second kappa shape index (κ2) is 3.73. The van der Waals surface area contributed by atoms with Gasteiger partial charge in [-0.15, -0.1) is 0 Å². The van der Waals surface area contributed by atoms with E-state index in [4.69, 9.17) is 0 Å². The Hall–Kier alpha value is -1.11. The zero-order valence-electron chi connectivity index (χ0n) is 6.94. The van der Waals surface area contributed by atoms with Crippen molar-refractivity contribution >= 4 is 0 Å². The van der Waals surface area contributed by atoms with E-state index in [2.05, 4.69) is 20.5 Å². The van der Waals surface area contributed by atoms with Crippen LogP contribution in [0.4, 0.5) is 13.2 Å². The Labute approximate surface area is 72.6 Å². The Morgan fingerprint density at radius 2 is 2.15 bits per heavy atom. The fourth-order valence-corrected chi connectivity index (χ4v) is 0.784. The van der Waals surface area contributed by atoms with Gasteiger partial charge in [0.15, 0.2) is 5.82 Å². The first kappa shape index (κ1) is 9.97. The molecule has 0 saturated carbocycles. The highest BCUT2D eigenvalue weighted by Gasteiger charge is 2.26. The van der Waals surface area contributed by atoms with Crippen LogP contribution in [0.15, 0.2) is 0 Å². The van der Waals surface area contributed by atoms with Gasteiger partial charge in [-0.25, -0.2) is 4.98 Å². The predicted molar refractivity (Wildman–Crippen MR) is 38.9 cm³/mol. The van der Waals surface area contributed by atoms with Gasteiger partial charge in [-0.2, -0.15) is 18.3 Å². The summed E-state index contributed by atoms with van der Waals surface area (Å²) < 4.78 is 35.0. The van der Waals surface area contributed by atoms with Gasteiger partial charge in [0.25, 0.3) is 0 Å². The molecule has 0 aliphatic heterocycles. The van der Waals surface area contributed by atoms with Crippen LogP contribution < -0.4 is 5.32 Å². The highest BCUT2D eigenvalue weighted by molar-refractivity contribution is 4.86. The maximum Gasteiger partial charge on any atom is 0.401 e. The maximum atomic E-state index is 11.7. The molecule has 0 spiro atoms. The molecule has 0 saturated heterocycles. The predicted octanol–water partition coefficient (Wildman–Crippen LogP) is 0.765. The van der Waals surface area contributed by atoms with E-state index in [1.165, 1.54) is 0 Å². The van der Waals surface area contributed by atoms with E-state index >= 15 is 0 Å². The van der Waals surface area contributed by atoms with Crippen LogP contribution in [-0.2, 0) is 6.54 Å². The number of alkyl halides is 3. The molecule has 0 fully saturated rings. The number of halogens is 3. The average Bonchev–Trinajstić information content (AvgIpc) is 2.33. The minimum atomic E-state index is -4.19. The van der Waals surface area contributed by atoms with Crippen LogP contribution in [0.3, 0.4) is 0 Å². The van der Waals surface area contributed by atoms with Crippen LogP contribution >= 0.6 is 0 Å². The first-order valence-corrected chi connectivity index (χ1v) is 3.63. The molecule has 2 N–H and O–H groups in total. The third-order valence-corrected chi connectivity index (χ3v) is 1.25. The molecule has 1 rings (SSSR count). The number of aryl methyl sites for hydroxylation is 1. The van der Waals surface area contributed by atoms with Gasteiger partial charge in [0.2, 0.25) is 0 Å². The van der Waals surface area contributed by atoms with Crippen LogP contribution in [-0.4, -0.2) is 27.9 Å². The largest absolute Gasteiger partial charge is 0.401 e. The van der Waals surface area contributed by atoms with Crippen molar-refractivity contribution in [1.29, 1.82) is 0 Å². The van der Waals surface area contributed by atoms with Gasteiger partial charge < -0.3 is 5.32 Å². The lowest BCUT2D eigenvalue weighted by Crippen LogP contribution is -2.28. The molecule has 0 radical (unpaired) electrons. The molecule has 1 heterocycles. The Bertz CT molecular complexity index is 267. The summed E-state index contributed by atoms with van der Waals surface area (Å²) in [5.74, 6) is 0.922. The normalized spacial score (nSPS) is 12.0. The molecule has 13 heavy (non-hydrogen) atoms. The lowest BCUT2D eigenvalue weighted by Gasteiger charge is -2.05. The van der Waals surface area contributed by atoms with E-state index in [1.807, 2.05) is 0 Å². The number of aromatic nitrogens is 3. The highest BCUT2D eigenvalue weighted by atomic mass is 19.4. The fraction of sp³-hybridized carbons (Fsp3) is 0.667. The molecule has 0 atom stereocenters. The first-order chi connectivity index (χ1) is 5.97. The number of nitrogens with zero attached hydrogens (tertiary/aromatic N) is 2. The summed E-state index contributed by atoms with van der Waals surface area (Å²) in [5, 5.41) is 8.39. The number of nitrogens with one attached hydrogen (secondary N) is 2. The van der Waals surface area contributed by atoms with Crippen molar-refractivity contribution in [3.05, 3.63) is 11.6 Å². The topological polar surface area (TPSA) is 53.6 Å². The molecule has 1 aromatic heterocycles.